The summed E-state index contributed by atoms with van der Waals surface area (Å²) in [6.45, 7) is 3.20. The molecule has 2 rings (SSSR count). The molecule has 1 fully saturated rings. The number of likely N-dealkylation sites (tertiary alicyclic amines) is 1. The number of benzene rings is 1. The van der Waals surface area contributed by atoms with Crippen LogP contribution in [0.3, 0.4) is 0 Å². The van der Waals surface area contributed by atoms with E-state index in [9.17, 15) is 4.79 Å². The number of urea groups is 1. The standard InChI is InChI=1S/C14H20BrN3O2/c1-9-12(16)5-6-18(9)14(19)17-8-10-3-4-13(20-2)11(15)7-10/h3-4,7,9,12H,5-6,8,16H2,1-2H3,(H,17,19)/t9-,12-/m0/s1. The minimum Gasteiger partial charge on any atom is -0.496 e. The zero-order valence-electron chi connectivity index (χ0n) is 11.7. The van der Waals surface area contributed by atoms with Crippen LogP contribution >= 0.6 is 15.9 Å². The van der Waals surface area contributed by atoms with Gasteiger partial charge in [-0.2, -0.15) is 0 Å². The van der Waals surface area contributed by atoms with Gasteiger partial charge in [0.05, 0.1) is 11.6 Å². The second kappa shape index (κ2) is 6.45. The number of carbonyl (C=O) groups excluding carboxylic acids is 1. The number of rotatable bonds is 3. The molecule has 1 aromatic carbocycles. The van der Waals surface area contributed by atoms with Crippen LogP contribution < -0.4 is 15.8 Å². The maximum Gasteiger partial charge on any atom is 0.317 e. The second-order valence-corrected chi connectivity index (χ2v) is 5.87. The van der Waals surface area contributed by atoms with Crippen molar-refractivity contribution in [1.82, 2.24) is 10.2 Å². The molecule has 1 aromatic rings. The number of hydrogen-bond donors (Lipinski definition) is 2. The lowest BCUT2D eigenvalue weighted by Gasteiger charge is -2.23. The maximum absolute atomic E-state index is 12.1. The zero-order chi connectivity index (χ0) is 14.7. The van der Waals surface area contributed by atoms with Crippen LogP contribution in [-0.4, -0.2) is 36.7 Å². The number of amides is 2. The van der Waals surface area contributed by atoms with Gasteiger partial charge in [0.25, 0.3) is 0 Å². The van der Waals surface area contributed by atoms with Crippen molar-refractivity contribution in [3.8, 4) is 5.75 Å². The van der Waals surface area contributed by atoms with E-state index in [2.05, 4.69) is 21.2 Å². The van der Waals surface area contributed by atoms with Gasteiger partial charge in [0.15, 0.2) is 0 Å². The fourth-order valence-electron chi connectivity index (χ4n) is 2.35. The first-order valence-corrected chi connectivity index (χ1v) is 7.44. The van der Waals surface area contributed by atoms with Crippen molar-refractivity contribution >= 4 is 22.0 Å². The maximum atomic E-state index is 12.1. The van der Waals surface area contributed by atoms with Crippen LogP contribution in [0.5, 0.6) is 5.75 Å². The highest BCUT2D eigenvalue weighted by atomic mass is 79.9. The van der Waals surface area contributed by atoms with E-state index in [0.717, 1.165) is 28.8 Å². The van der Waals surface area contributed by atoms with Crippen molar-refractivity contribution in [1.29, 1.82) is 0 Å². The molecule has 5 nitrogen and oxygen atoms in total. The highest BCUT2D eigenvalue weighted by molar-refractivity contribution is 9.10. The van der Waals surface area contributed by atoms with Crippen molar-refractivity contribution < 1.29 is 9.53 Å². The Bertz CT molecular complexity index is 495. The Hall–Kier alpha value is -1.27. The van der Waals surface area contributed by atoms with Crippen LogP contribution in [0.25, 0.3) is 0 Å². The van der Waals surface area contributed by atoms with Gasteiger partial charge in [-0.15, -0.1) is 0 Å². The lowest BCUT2D eigenvalue weighted by molar-refractivity contribution is 0.194. The zero-order valence-corrected chi connectivity index (χ0v) is 13.3. The Morgan fingerprint density at radius 1 is 1.60 bits per heavy atom. The highest BCUT2D eigenvalue weighted by Crippen LogP contribution is 2.25. The third-order valence-corrected chi connectivity index (χ3v) is 4.36. The Kier molecular flexibility index (Phi) is 4.88. The van der Waals surface area contributed by atoms with Crippen LogP contribution in [-0.2, 0) is 6.54 Å². The highest BCUT2D eigenvalue weighted by Gasteiger charge is 2.31. The molecule has 2 atom stereocenters. The summed E-state index contributed by atoms with van der Waals surface area (Å²) in [6.07, 6.45) is 0.864. The van der Waals surface area contributed by atoms with Gasteiger partial charge in [-0.1, -0.05) is 6.07 Å². The third-order valence-electron chi connectivity index (χ3n) is 3.74. The molecular formula is C14H20BrN3O2. The van der Waals surface area contributed by atoms with Gasteiger partial charge in [0.2, 0.25) is 0 Å². The van der Waals surface area contributed by atoms with E-state index in [1.807, 2.05) is 25.1 Å². The molecule has 1 aliphatic rings. The third kappa shape index (κ3) is 3.24. The van der Waals surface area contributed by atoms with Crippen molar-refractivity contribution in [2.24, 2.45) is 5.73 Å². The molecule has 1 saturated heterocycles. The molecule has 2 amide bonds. The van der Waals surface area contributed by atoms with Gasteiger partial charge in [-0.05, 0) is 47.0 Å². The van der Waals surface area contributed by atoms with Crippen LogP contribution in [0, 0.1) is 0 Å². The molecule has 20 heavy (non-hydrogen) atoms. The molecule has 110 valence electrons. The van der Waals surface area contributed by atoms with Gasteiger partial charge >= 0.3 is 6.03 Å². The van der Waals surface area contributed by atoms with Crippen molar-refractivity contribution in [3.63, 3.8) is 0 Å². The Morgan fingerprint density at radius 3 is 2.90 bits per heavy atom. The van der Waals surface area contributed by atoms with Crippen LogP contribution in [0.1, 0.15) is 18.9 Å². The van der Waals surface area contributed by atoms with E-state index in [-0.39, 0.29) is 18.1 Å². The molecule has 0 aliphatic carbocycles. The molecule has 0 unspecified atom stereocenters. The molecule has 6 heteroatoms. The molecule has 0 aromatic heterocycles. The molecule has 0 radical (unpaired) electrons. The number of methoxy groups -OCH3 is 1. The second-order valence-electron chi connectivity index (χ2n) is 5.01. The minimum absolute atomic E-state index is 0.0580. The first-order valence-electron chi connectivity index (χ1n) is 6.65. The molecule has 1 heterocycles. The summed E-state index contributed by atoms with van der Waals surface area (Å²) < 4.78 is 6.05. The van der Waals surface area contributed by atoms with E-state index in [0.29, 0.717) is 6.54 Å². The Morgan fingerprint density at radius 2 is 2.35 bits per heavy atom. The van der Waals surface area contributed by atoms with E-state index in [4.69, 9.17) is 10.5 Å². The fraction of sp³-hybridized carbons (Fsp3) is 0.500. The molecule has 1 aliphatic heterocycles. The summed E-state index contributed by atoms with van der Waals surface area (Å²) in [5.41, 5.74) is 6.94. The van der Waals surface area contributed by atoms with Gasteiger partial charge in [0.1, 0.15) is 5.75 Å². The molecule has 0 saturated carbocycles. The van der Waals surface area contributed by atoms with Gasteiger partial charge in [-0.3, -0.25) is 0 Å². The first kappa shape index (κ1) is 15.1. The van der Waals surface area contributed by atoms with Crippen molar-refractivity contribution in [2.45, 2.75) is 32.0 Å². The Balaban J connectivity index is 1.92. The van der Waals surface area contributed by atoms with E-state index in [1.165, 1.54) is 0 Å². The SMILES string of the molecule is COc1ccc(CNC(=O)N2CC[C@H](N)[C@@H]2C)cc1Br. The average Bonchev–Trinajstić information content (AvgIpc) is 2.76. The number of nitrogens with zero attached hydrogens (tertiary/aromatic N) is 1. The first-order chi connectivity index (χ1) is 9.52. The molecular weight excluding hydrogens is 322 g/mol. The number of ether oxygens (including phenoxy) is 1. The summed E-state index contributed by atoms with van der Waals surface area (Å²) in [5.74, 6) is 0.777. The minimum atomic E-state index is -0.0580. The molecule has 0 spiro atoms. The normalized spacial score (nSPS) is 21.9. The van der Waals surface area contributed by atoms with Crippen molar-refractivity contribution in [2.75, 3.05) is 13.7 Å². The largest absolute Gasteiger partial charge is 0.496 e. The van der Waals surface area contributed by atoms with Crippen LogP contribution in [0.2, 0.25) is 0 Å². The van der Waals surface area contributed by atoms with Crippen molar-refractivity contribution in [3.05, 3.63) is 28.2 Å². The quantitative estimate of drug-likeness (QED) is 0.884. The number of nitrogens with one attached hydrogen (secondary N) is 1. The predicted octanol–water partition coefficient (Wildman–Crippen LogP) is 2.09. The van der Waals surface area contributed by atoms with Gasteiger partial charge in [0, 0.05) is 25.2 Å². The van der Waals surface area contributed by atoms with Crippen LogP contribution in [0.15, 0.2) is 22.7 Å². The fourth-order valence-corrected chi connectivity index (χ4v) is 2.94. The molecule has 3 N–H and O–H groups in total. The van der Waals surface area contributed by atoms with E-state index in [1.54, 1.807) is 12.0 Å². The van der Waals surface area contributed by atoms with Gasteiger partial charge in [-0.25, -0.2) is 4.79 Å². The lowest BCUT2D eigenvalue weighted by atomic mass is 10.2. The van der Waals surface area contributed by atoms with E-state index < -0.39 is 0 Å². The number of hydrogen-bond acceptors (Lipinski definition) is 3. The monoisotopic (exact) mass is 341 g/mol. The smallest absolute Gasteiger partial charge is 0.317 e. The van der Waals surface area contributed by atoms with Gasteiger partial charge < -0.3 is 20.7 Å². The summed E-state index contributed by atoms with van der Waals surface area (Å²) in [6, 6.07) is 5.87. The van der Waals surface area contributed by atoms with E-state index >= 15 is 0 Å². The Labute approximate surface area is 127 Å². The summed E-state index contributed by atoms with van der Waals surface area (Å²) in [5, 5.41) is 2.93. The number of carbonyl (C=O) groups is 1. The topological polar surface area (TPSA) is 67.6 Å². The summed E-state index contributed by atoms with van der Waals surface area (Å²) in [4.78, 5) is 13.9. The van der Waals surface area contributed by atoms with Crippen LogP contribution in [0.4, 0.5) is 4.79 Å². The molecule has 0 bridgehead atoms. The lowest BCUT2D eigenvalue weighted by Crippen LogP contribution is -2.45. The summed E-state index contributed by atoms with van der Waals surface area (Å²) >= 11 is 3.43. The predicted molar refractivity (Wildman–Crippen MR) is 81.7 cm³/mol. The summed E-state index contributed by atoms with van der Waals surface area (Å²) in [7, 11) is 1.62. The number of nitrogens with two attached hydrogens (primary N) is 1. The average molecular weight is 342 g/mol. The number of halogens is 1.